The summed E-state index contributed by atoms with van der Waals surface area (Å²) >= 11 is 1.74. The van der Waals surface area contributed by atoms with E-state index in [1.807, 2.05) is 18.2 Å². The molecule has 0 aliphatic carbocycles. The van der Waals surface area contributed by atoms with Crippen LogP contribution in [0.3, 0.4) is 0 Å². The van der Waals surface area contributed by atoms with E-state index >= 15 is 0 Å². The zero-order valence-electron chi connectivity index (χ0n) is 11.8. The number of rotatable bonds is 5. The van der Waals surface area contributed by atoms with Gasteiger partial charge in [0.1, 0.15) is 5.75 Å². The number of aliphatic hydroxyl groups is 1. The Morgan fingerprint density at radius 2 is 2.11 bits per heavy atom. The van der Waals surface area contributed by atoms with E-state index in [1.165, 1.54) is 9.71 Å². The zero-order chi connectivity index (χ0) is 13.9. The lowest BCUT2D eigenvalue weighted by Crippen LogP contribution is -2.08. The van der Waals surface area contributed by atoms with Gasteiger partial charge in [0.2, 0.25) is 0 Å². The third-order valence-corrected chi connectivity index (χ3v) is 3.68. The second-order valence-electron chi connectivity index (χ2n) is 5.90. The Morgan fingerprint density at radius 1 is 1.32 bits per heavy atom. The summed E-state index contributed by atoms with van der Waals surface area (Å²) < 4.78 is 6.75. The SMILES string of the molecule is CC(C)(C)Cc1nc2ccc(OCCCO)cc2s1. The first-order chi connectivity index (χ1) is 8.98. The Morgan fingerprint density at radius 3 is 2.79 bits per heavy atom. The van der Waals surface area contributed by atoms with E-state index < -0.39 is 0 Å². The molecule has 0 unspecified atom stereocenters. The quantitative estimate of drug-likeness (QED) is 0.850. The highest BCUT2D eigenvalue weighted by Crippen LogP contribution is 2.30. The molecule has 3 nitrogen and oxygen atoms in total. The molecule has 0 spiro atoms. The molecule has 19 heavy (non-hydrogen) atoms. The number of nitrogens with zero attached hydrogens (tertiary/aromatic N) is 1. The molecule has 0 bridgehead atoms. The minimum atomic E-state index is 0.165. The molecule has 0 aliphatic heterocycles. The highest BCUT2D eigenvalue weighted by molar-refractivity contribution is 7.18. The molecule has 1 N–H and O–H groups in total. The fraction of sp³-hybridized carbons (Fsp3) is 0.533. The lowest BCUT2D eigenvalue weighted by Gasteiger charge is -2.15. The van der Waals surface area contributed by atoms with Gasteiger partial charge in [0.15, 0.2) is 0 Å². The van der Waals surface area contributed by atoms with E-state index in [0.29, 0.717) is 13.0 Å². The molecule has 0 aliphatic rings. The highest BCUT2D eigenvalue weighted by Gasteiger charge is 2.14. The molecule has 1 aromatic heterocycles. The van der Waals surface area contributed by atoms with Crippen molar-refractivity contribution in [2.75, 3.05) is 13.2 Å². The maximum Gasteiger partial charge on any atom is 0.120 e. The third kappa shape index (κ3) is 4.18. The number of aliphatic hydroxyl groups excluding tert-OH is 1. The summed E-state index contributed by atoms with van der Waals surface area (Å²) in [7, 11) is 0. The van der Waals surface area contributed by atoms with Crippen LogP contribution in [-0.2, 0) is 6.42 Å². The topological polar surface area (TPSA) is 42.4 Å². The first kappa shape index (κ1) is 14.3. The number of aromatic nitrogens is 1. The van der Waals surface area contributed by atoms with Crippen LogP contribution in [-0.4, -0.2) is 23.3 Å². The fourth-order valence-electron chi connectivity index (χ4n) is 1.83. The molecule has 4 heteroatoms. The Labute approximate surface area is 118 Å². The number of benzene rings is 1. The van der Waals surface area contributed by atoms with Gasteiger partial charge in [-0.15, -0.1) is 11.3 Å². The Kier molecular flexibility index (Phi) is 4.42. The zero-order valence-corrected chi connectivity index (χ0v) is 12.6. The average Bonchev–Trinajstić information content (AvgIpc) is 2.68. The van der Waals surface area contributed by atoms with Crippen LogP contribution in [0.1, 0.15) is 32.2 Å². The summed E-state index contributed by atoms with van der Waals surface area (Å²) in [6, 6.07) is 5.99. The first-order valence-electron chi connectivity index (χ1n) is 6.61. The predicted molar refractivity (Wildman–Crippen MR) is 80.0 cm³/mol. The highest BCUT2D eigenvalue weighted by atomic mass is 32.1. The summed E-state index contributed by atoms with van der Waals surface area (Å²) in [5.74, 6) is 0.854. The van der Waals surface area contributed by atoms with Gasteiger partial charge in [0, 0.05) is 19.4 Å². The molecule has 1 aromatic carbocycles. The Balaban J connectivity index is 2.14. The molecule has 104 valence electrons. The van der Waals surface area contributed by atoms with Gasteiger partial charge in [-0.05, 0) is 23.6 Å². The van der Waals surface area contributed by atoms with Gasteiger partial charge in [-0.25, -0.2) is 4.98 Å². The Hall–Kier alpha value is -1.13. The standard InChI is InChI=1S/C15H21NO2S/c1-15(2,3)10-14-16-12-6-5-11(9-13(12)19-14)18-8-4-7-17/h5-6,9,17H,4,7-8,10H2,1-3H3. The molecule has 1 heterocycles. The van der Waals surface area contributed by atoms with E-state index in [2.05, 4.69) is 25.8 Å². The van der Waals surface area contributed by atoms with E-state index in [4.69, 9.17) is 9.84 Å². The molecular weight excluding hydrogens is 258 g/mol. The molecule has 2 aromatic rings. The van der Waals surface area contributed by atoms with Crippen molar-refractivity contribution in [2.24, 2.45) is 5.41 Å². The van der Waals surface area contributed by atoms with Gasteiger partial charge in [0.05, 0.1) is 21.8 Å². The van der Waals surface area contributed by atoms with Crippen LogP contribution in [0.25, 0.3) is 10.2 Å². The van der Waals surface area contributed by atoms with Gasteiger partial charge in [-0.3, -0.25) is 0 Å². The van der Waals surface area contributed by atoms with E-state index in [9.17, 15) is 0 Å². The van der Waals surface area contributed by atoms with E-state index in [-0.39, 0.29) is 12.0 Å². The summed E-state index contributed by atoms with van der Waals surface area (Å²) in [6.07, 6.45) is 1.66. The molecule has 0 saturated heterocycles. The predicted octanol–water partition coefficient (Wildman–Crippen LogP) is 3.65. The average molecular weight is 279 g/mol. The van der Waals surface area contributed by atoms with Crippen molar-refractivity contribution in [1.29, 1.82) is 0 Å². The number of thiazole rings is 1. The van der Waals surface area contributed by atoms with Crippen molar-refractivity contribution >= 4 is 21.6 Å². The van der Waals surface area contributed by atoms with Crippen molar-refractivity contribution in [1.82, 2.24) is 4.98 Å². The van der Waals surface area contributed by atoms with Crippen molar-refractivity contribution in [3.8, 4) is 5.75 Å². The van der Waals surface area contributed by atoms with Crippen molar-refractivity contribution < 1.29 is 9.84 Å². The molecule has 0 amide bonds. The van der Waals surface area contributed by atoms with Gasteiger partial charge in [0.25, 0.3) is 0 Å². The molecule has 2 rings (SSSR count). The maximum atomic E-state index is 8.74. The molecule has 0 radical (unpaired) electrons. The van der Waals surface area contributed by atoms with Gasteiger partial charge in [-0.2, -0.15) is 0 Å². The molecule has 0 atom stereocenters. The molecule has 0 fully saturated rings. The maximum absolute atomic E-state index is 8.74. The lowest BCUT2D eigenvalue weighted by atomic mass is 9.93. The minimum Gasteiger partial charge on any atom is -0.493 e. The molecule has 0 saturated carbocycles. The number of fused-ring (bicyclic) bond motifs is 1. The second kappa shape index (κ2) is 5.88. The van der Waals surface area contributed by atoms with Crippen LogP contribution in [0.2, 0.25) is 0 Å². The summed E-state index contributed by atoms with van der Waals surface area (Å²) in [4.78, 5) is 4.66. The lowest BCUT2D eigenvalue weighted by molar-refractivity contribution is 0.234. The normalized spacial score (nSPS) is 12.0. The van der Waals surface area contributed by atoms with Crippen LogP contribution >= 0.6 is 11.3 Å². The van der Waals surface area contributed by atoms with Crippen LogP contribution in [0, 0.1) is 5.41 Å². The van der Waals surface area contributed by atoms with Crippen LogP contribution in [0.15, 0.2) is 18.2 Å². The van der Waals surface area contributed by atoms with E-state index in [0.717, 1.165) is 17.7 Å². The number of hydrogen-bond donors (Lipinski definition) is 1. The van der Waals surface area contributed by atoms with Crippen LogP contribution in [0.4, 0.5) is 0 Å². The third-order valence-electron chi connectivity index (χ3n) is 2.66. The van der Waals surface area contributed by atoms with Gasteiger partial charge in [-0.1, -0.05) is 20.8 Å². The van der Waals surface area contributed by atoms with Gasteiger partial charge >= 0.3 is 0 Å². The van der Waals surface area contributed by atoms with Gasteiger partial charge < -0.3 is 9.84 Å². The monoisotopic (exact) mass is 279 g/mol. The fourth-order valence-corrected chi connectivity index (χ4v) is 3.12. The smallest absolute Gasteiger partial charge is 0.120 e. The van der Waals surface area contributed by atoms with Crippen LogP contribution in [0.5, 0.6) is 5.75 Å². The largest absolute Gasteiger partial charge is 0.493 e. The van der Waals surface area contributed by atoms with Crippen molar-refractivity contribution in [3.63, 3.8) is 0 Å². The summed E-state index contributed by atoms with van der Waals surface area (Å²) in [5.41, 5.74) is 1.30. The summed E-state index contributed by atoms with van der Waals surface area (Å²) in [5, 5.41) is 9.92. The van der Waals surface area contributed by atoms with Crippen molar-refractivity contribution in [3.05, 3.63) is 23.2 Å². The minimum absolute atomic E-state index is 0.165. The first-order valence-corrected chi connectivity index (χ1v) is 7.43. The van der Waals surface area contributed by atoms with Crippen LogP contribution < -0.4 is 4.74 Å². The Bertz CT molecular complexity index is 543. The number of hydrogen-bond acceptors (Lipinski definition) is 4. The van der Waals surface area contributed by atoms with E-state index in [1.54, 1.807) is 11.3 Å². The van der Waals surface area contributed by atoms with Crippen molar-refractivity contribution in [2.45, 2.75) is 33.6 Å². The summed E-state index contributed by atoms with van der Waals surface area (Å²) in [6.45, 7) is 7.39. The second-order valence-corrected chi connectivity index (χ2v) is 7.02. The number of ether oxygens (including phenoxy) is 1. The molecular formula is C15H21NO2S.